The zero-order valence-corrected chi connectivity index (χ0v) is 17.9. The number of aromatic nitrogens is 1. The van der Waals surface area contributed by atoms with Crippen LogP contribution in [0.1, 0.15) is 43.4 Å². The van der Waals surface area contributed by atoms with Gasteiger partial charge in [0.15, 0.2) is 0 Å². The first-order valence-electron chi connectivity index (χ1n) is 10.1. The first-order valence-corrected chi connectivity index (χ1v) is 11.4. The minimum atomic E-state index is -0.930. The largest absolute Gasteiger partial charge is 0.381 e. The average Bonchev–Trinajstić information content (AvgIpc) is 2.76. The van der Waals surface area contributed by atoms with Crippen molar-refractivity contribution in [2.45, 2.75) is 43.2 Å². The van der Waals surface area contributed by atoms with Gasteiger partial charge in [-0.3, -0.25) is 9.19 Å². The molecule has 29 heavy (non-hydrogen) atoms. The summed E-state index contributed by atoms with van der Waals surface area (Å²) in [6.07, 6.45) is 5.98. The van der Waals surface area contributed by atoms with Crippen LogP contribution in [0, 0.1) is 0 Å². The number of ether oxygens (including phenoxy) is 1. The van der Waals surface area contributed by atoms with Crippen molar-refractivity contribution < 1.29 is 13.7 Å². The quantitative estimate of drug-likeness (QED) is 0.738. The van der Waals surface area contributed by atoms with E-state index in [0.717, 1.165) is 30.4 Å². The van der Waals surface area contributed by atoms with Gasteiger partial charge in [0.1, 0.15) is 0 Å². The van der Waals surface area contributed by atoms with Gasteiger partial charge in [-0.2, -0.15) is 0 Å². The molecule has 2 aromatic rings. The second kappa shape index (κ2) is 10.5. The van der Waals surface area contributed by atoms with Crippen LogP contribution < -0.4 is 5.32 Å². The van der Waals surface area contributed by atoms with Crippen LogP contribution in [0.2, 0.25) is 0 Å². The Morgan fingerprint density at radius 1 is 1.28 bits per heavy atom. The molecule has 6 nitrogen and oxygen atoms in total. The number of carbonyl (C=O) groups is 1. The molecule has 0 unspecified atom stereocenters. The van der Waals surface area contributed by atoms with Gasteiger partial charge in [0, 0.05) is 60.1 Å². The molecule has 1 aromatic carbocycles. The van der Waals surface area contributed by atoms with E-state index in [2.05, 4.69) is 17.2 Å². The van der Waals surface area contributed by atoms with Crippen molar-refractivity contribution in [3.63, 3.8) is 0 Å². The molecule has 0 spiro atoms. The molecule has 1 fully saturated rings. The predicted molar refractivity (Wildman–Crippen MR) is 116 cm³/mol. The first kappa shape index (κ1) is 21.5. The summed E-state index contributed by atoms with van der Waals surface area (Å²) in [6.45, 7) is 3.44. The van der Waals surface area contributed by atoms with Gasteiger partial charge in [0.2, 0.25) is 0 Å². The number of amides is 2. The van der Waals surface area contributed by atoms with Crippen molar-refractivity contribution in [1.29, 1.82) is 0 Å². The summed E-state index contributed by atoms with van der Waals surface area (Å²) in [4.78, 5) is 18.6. The third kappa shape index (κ3) is 5.87. The van der Waals surface area contributed by atoms with Crippen molar-refractivity contribution in [3.8, 4) is 0 Å². The van der Waals surface area contributed by atoms with Crippen LogP contribution in [0.4, 0.5) is 10.5 Å². The van der Waals surface area contributed by atoms with Crippen LogP contribution >= 0.6 is 0 Å². The van der Waals surface area contributed by atoms with E-state index < -0.39 is 10.8 Å². The van der Waals surface area contributed by atoms with E-state index in [1.165, 1.54) is 0 Å². The molecule has 1 aromatic heterocycles. The summed E-state index contributed by atoms with van der Waals surface area (Å²) < 4.78 is 18.0. The first-order chi connectivity index (χ1) is 14.1. The maximum absolute atomic E-state index is 12.8. The molecule has 156 valence electrons. The van der Waals surface area contributed by atoms with Gasteiger partial charge in [-0.1, -0.05) is 19.1 Å². The molecule has 0 saturated carbocycles. The van der Waals surface area contributed by atoms with Crippen molar-refractivity contribution in [2.24, 2.45) is 0 Å². The van der Waals surface area contributed by atoms with Gasteiger partial charge >= 0.3 is 6.03 Å². The van der Waals surface area contributed by atoms with Gasteiger partial charge in [-0.15, -0.1) is 0 Å². The van der Waals surface area contributed by atoms with Crippen molar-refractivity contribution >= 4 is 22.5 Å². The van der Waals surface area contributed by atoms with Crippen LogP contribution in [-0.4, -0.2) is 45.6 Å². The zero-order chi connectivity index (χ0) is 20.6. The molecule has 0 aliphatic carbocycles. The number of pyridine rings is 1. The predicted octanol–water partition coefficient (Wildman–Crippen LogP) is 4.12. The molecule has 7 heteroatoms. The molecule has 1 aliphatic heterocycles. The van der Waals surface area contributed by atoms with Crippen molar-refractivity contribution in [2.75, 3.05) is 25.6 Å². The lowest BCUT2D eigenvalue weighted by atomic mass is 10.1. The Labute approximate surface area is 175 Å². The number of anilines is 1. The molecule has 2 amide bonds. The number of nitrogens with zero attached hydrogens (tertiary/aromatic N) is 2. The summed E-state index contributed by atoms with van der Waals surface area (Å²) in [5, 5.41) is 3.17. The fourth-order valence-electron chi connectivity index (χ4n) is 3.63. The number of carbonyl (C=O) groups excluding carboxylic acids is 1. The van der Waals surface area contributed by atoms with Crippen molar-refractivity contribution in [3.05, 3.63) is 59.9 Å². The van der Waals surface area contributed by atoms with E-state index in [9.17, 15) is 9.00 Å². The van der Waals surface area contributed by atoms with Crippen LogP contribution in [0.15, 0.2) is 48.8 Å². The minimum Gasteiger partial charge on any atom is -0.381 e. The Bertz CT molecular complexity index is 825. The topological polar surface area (TPSA) is 71.5 Å². The molecule has 1 aliphatic rings. The Morgan fingerprint density at radius 3 is 2.69 bits per heavy atom. The van der Waals surface area contributed by atoms with E-state index in [0.29, 0.717) is 24.7 Å². The molecule has 0 radical (unpaired) electrons. The highest BCUT2D eigenvalue weighted by Crippen LogP contribution is 2.24. The van der Waals surface area contributed by atoms with Crippen LogP contribution in [-0.2, 0) is 21.3 Å². The van der Waals surface area contributed by atoms with E-state index in [4.69, 9.17) is 4.74 Å². The van der Waals surface area contributed by atoms with Gasteiger partial charge in [0.25, 0.3) is 0 Å². The lowest BCUT2D eigenvalue weighted by Crippen LogP contribution is -2.34. The minimum absolute atomic E-state index is 0.0257. The summed E-state index contributed by atoms with van der Waals surface area (Å²) in [5.41, 5.74) is 2.74. The van der Waals surface area contributed by atoms with E-state index in [1.807, 2.05) is 36.4 Å². The van der Waals surface area contributed by atoms with Gasteiger partial charge < -0.3 is 15.0 Å². The number of urea groups is 1. The van der Waals surface area contributed by atoms with Crippen LogP contribution in [0.25, 0.3) is 0 Å². The second-order valence-electron chi connectivity index (χ2n) is 7.28. The lowest BCUT2D eigenvalue weighted by Gasteiger charge is -2.28. The molecular weight excluding hydrogens is 386 g/mol. The average molecular weight is 416 g/mol. The van der Waals surface area contributed by atoms with Gasteiger partial charge in [-0.25, -0.2) is 4.79 Å². The van der Waals surface area contributed by atoms with E-state index in [1.54, 1.807) is 24.3 Å². The van der Waals surface area contributed by atoms with Gasteiger partial charge in [-0.05, 0) is 54.7 Å². The Morgan fingerprint density at radius 2 is 2.00 bits per heavy atom. The maximum atomic E-state index is 12.8. The molecule has 0 bridgehead atoms. The third-order valence-corrected chi connectivity index (χ3v) is 7.13. The number of rotatable bonds is 7. The van der Waals surface area contributed by atoms with Crippen molar-refractivity contribution in [1.82, 2.24) is 9.88 Å². The number of nitrogens with one attached hydrogen (secondary N) is 1. The van der Waals surface area contributed by atoms with Gasteiger partial charge in [0.05, 0.1) is 6.04 Å². The lowest BCUT2D eigenvalue weighted by molar-refractivity contribution is 0.0992. The Hall–Kier alpha value is -2.25. The summed E-state index contributed by atoms with van der Waals surface area (Å²) in [5.74, 6) is 0.499. The highest BCUT2D eigenvalue weighted by molar-refractivity contribution is 7.84. The molecule has 3 rings (SSSR count). The maximum Gasteiger partial charge on any atom is 0.322 e. The highest BCUT2D eigenvalue weighted by atomic mass is 32.2. The Kier molecular flexibility index (Phi) is 7.77. The summed E-state index contributed by atoms with van der Waals surface area (Å²) in [6, 6.07) is 11.3. The summed E-state index contributed by atoms with van der Waals surface area (Å²) >= 11 is 0. The summed E-state index contributed by atoms with van der Waals surface area (Å²) in [7, 11) is 0.870. The normalized spacial score (nSPS) is 16.8. The standard InChI is InChI=1S/C22H29N3O3S/c1-3-21(18-7-11-23-12-8-18)25(2)22(26)24-19-6-4-5-17(15-19)16-29(27)20-9-13-28-14-10-20/h4-8,11-12,15,20-21H,3,9-10,13-14,16H2,1-2H3,(H,24,26)/t21-,29-/m0/s1. The molecule has 1 N–H and O–H groups in total. The molecule has 2 atom stereocenters. The number of hydrogen-bond acceptors (Lipinski definition) is 4. The van der Waals surface area contributed by atoms with Crippen LogP contribution in [0.5, 0.6) is 0 Å². The molecule has 1 saturated heterocycles. The van der Waals surface area contributed by atoms with E-state index in [-0.39, 0.29) is 17.3 Å². The fourth-order valence-corrected chi connectivity index (χ4v) is 5.09. The third-order valence-electron chi connectivity index (χ3n) is 5.29. The molecular formula is C22H29N3O3S. The highest BCUT2D eigenvalue weighted by Gasteiger charge is 2.22. The SMILES string of the molecule is CC[C@@H](c1ccncc1)N(C)C(=O)Nc1cccc(C[S@](=O)C2CCOCC2)c1. The van der Waals surface area contributed by atoms with Crippen LogP contribution in [0.3, 0.4) is 0 Å². The van der Waals surface area contributed by atoms with E-state index >= 15 is 0 Å². The number of hydrogen-bond donors (Lipinski definition) is 1. The number of benzene rings is 1. The second-order valence-corrected chi connectivity index (χ2v) is 9.00. The monoisotopic (exact) mass is 415 g/mol. The smallest absolute Gasteiger partial charge is 0.322 e. The zero-order valence-electron chi connectivity index (χ0n) is 17.0. The fraction of sp³-hybridized carbons (Fsp3) is 0.455. The molecule has 2 heterocycles. The Balaban J connectivity index is 1.62.